The van der Waals surface area contributed by atoms with Crippen molar-refractivity contribution in [3.63, 3.8) is 0 Å². The van der Waals surface area contributed by atoms with Crippen LogP contribution < -0.4 is 0 Å². The summed E-state index contributed by atoms with van der Waals surface area (Å²) in [7, 11) is 1.78. The number of hydrogen-bond acceptors (Lipinski definition) is 3. The van der Waals surface area contributed by atoms with Crippen molar-refractivity contribution in [1.29, 1.82) is 5.26 Å². The number of carbonyl (C=O) groups excluding carboxylic acids is 1. The van der Waals surface area contributed by atoms with Crippen LogP contribution in [0.3, 0.4) is 0 Å². The van der Waals surface area contributed by atoms with Gasteiger partial charge in [0.1, 0.15) is 0 Å². The monoisotopic (exact) mass is 299 g/mol. The van der Waals surface area contributed by atoms with Gasteiger partial charge in [-0.15, -0.1) is 0 Å². The van der Waals surface area contributed by atoms with Crippen molar-refractivity contribution in [1.82, 2.24) is 9.80 Å². The van der Waals surface area contributed by atoms with Gasteiger partial charge in [0.15, 0.2) is 0 Å². The van der Waals surface area contributed by atoms with E-state index in [0.717, 1.165) is 25.9 Å². The largest absolute Gasteiger partial charge is 0.345 e. The van der Waals surface area contributed by atoms with Gasteiger partial charge in [0, 0.05) is 39.1 Å². The van der Waals surface area contributed by atoms with Crippen molar-refractivity contribution in [2.75, 3.05) is 26.7 Å². The third-order valence-corrected chi connectivity index (χ3v) is 4.51. The van der Waals surface area contributed by atoms with E-state index in [2.05, 4.69) is 42.2 Å². The molecule has 1 amide bonds. The fourth-order valence-electron chi connectivity index (χ4n) is 3.22. The Kier molecular flexibility index (Phi) is 5.97. The molecule has 1 atom stereocenters. The smallest absolute Gasteiger partial charge is 0.223 e. The Morgan fingerprint density at radius 3 is 2.95 bits per heavy atom. The van der Waals surface area contributed by atoms with Crippen molar-refractivity contribution in [3.8, 4) is 6.07 Å². The molecule has 0 aromatic heterocycles. The molecule has 0 saturated carbocycles. The molecule has 0 N–H and O–H groups in total. The summed E-state index contributed by atoms with van der Waals surface area (Å²) in [6, 6.07) is 11.1. The van der Waals surface area contributed by atoms with E-state index in [9.17, 15) is 4.79 Å². The zero-order valence-corrected chi connectivity index (χ0v) is 13.6. The van der Waals surface area contributed by atoms with Crippen LogP contribution in [0.2, 0.25) is 0 Å². The fourth-order valence-corrected chi connectivity index (χ4v) is 3.22. The van der Waals surface area contributed by atoms with E-state index in [1.807, 2.05) is 0 Å². The van der Waals surface area contributed by atoms with E-state index in [0.29, 0.717) is 25.4 Å². The SMILES string of the molecule is CC[C@H]1c2ccccc2CCN1CCC(=O)N(C)CCC#N. The number of rotatable bonds is 6. The van der Waals surface area contributed by atoms with Gasteiger partial charge in [-0.3, -0.25) is 9.69 Å². The lowest BCUT2D eigenvalue weighted by molar-refractivity contribution is -0.130. The quantitative estimate of drug-likeness (QED) is 0.811. The lowest BCUT2D eigenvalue weighted by Crippen LogP contribution is -2.38. The Balaban J connectivity index is 1.93. The number of hydrogen-bond donors (Lipinski definition) is 0. The van der Waals surface area contributed by atoms with E-state index < -0.39 is 0 Å². The van der Waals surface area contributed by atoms with E-state index in [1.165, 1.54) is 11.1 Å². The van der Waals surface area contributed by atoms with Gasteiger partial charge in [-0.25, -0.2) is 0 Å². The van der Waals surface area contributed by atoms with Crippen molar-refractivity contribution in [3.05, 3.63) is 35.4 Å². The van der Waals surface area contributed by atoms with Crippen LogP contribution in [-0.2, 0) is 11.2 Å². The summed E-state index contributed by atoms with van der Waals surface area (Å²) >= 11 is 0. The molecular weight excluding hydrogens is 274 g/mol. The first kappa shape index (κ1) is 16.5. The number of fused-ring (bicyclic) bond motifs is 1. The summed E-state index contributed by atoms with van der Waals surface area (Å²) in [5, 5.41) is 8.59. The Morgan fingerprint density at radius 2 is 2.23 bits per heavy atom. The molecule has 0 saturated heterocycles. The van der Waals surface area contributed by atoms with Crippen molar-refractivity contribution in [2.24, 2.45) is 0 Å². The number of nitriles is 1. The van der Waals surface area contributed by atoms with Crippen molar-refractivity contribution in [2.45, 2.75) is 38.6 Å². The van der Waals surface area contributed by atoms with E-state index in [4.69, 9.17) is 5.26 Å². The molecule has 4 heteroatoms. The third kappa shape index (κ3) is 3.86. The van der Waals surface area contributed by atoms with Crippen LogP contribution in [-0.4, -0.2) is 42.4 Å². The zero-order valence-electron chi connectivity index (χ0n) is 13.6. The highest BCUT2D eigenvalue weighted by Gasteiger charge is 2.26. The second-order valence-corrected chi connectivity index (χ2v) is 5.88. The molecule has 1 heterocycles. The van der Waals surface area contributed by atoms with Gasteiger partial charge in [0.2, 0.25) is 5.91 Å². The summed E-state index contributed by atoms with van der Waals surface area (Å²) in [6.45, 7) is 4.54. The topological polar surface area (TPSA) is 47.3 Å². The third-order valence-electron chi connectivity index (χ3n) is 4.51. The number of nitrogens with zero attached hydrogens (tertiary/aromatic N) is 3. The molecule has 118 valence electrons. The number of carbonyl (C=O) groups is 1. The van der Waals surface area contributed by atoms with Gasteiger partial charge in [0.25, 0.3) is 0 Å². The molecule has 0 radical (unpaired) electrons. The summed E-state index contributed by atoms with van der Waals surface area (Å²) in [4.78, 5) is 16.2. The second-order valence-electron chi connectivity index (χ2n) is 5.88. The molecule has 0 unspecified atom stereocenters. The highest BCUT2D eigenvalue weighted by molar-refractivity contribution is 5.76. The molecular formula is C18H25N3O. The highest BCUT2D eigenvalue weighted by atomic mass is 16.2. The average molecular weight is 299 g/mol. The van der Waals surface area contributed by atoms with Gasteiger partial charge < -0.3 is 4.90 Å². The first-order chi connectivity index (χ1) is 10.7. The second kappa shape index (κ2) is 7.95. The maximum atomic E-state index is 12.1. The minimum Gasteiger partial charge on any atom is -0.345 e. The Bertz CT molecular complexity index is 550. The van der Waals surface area contributed by atoms with E-state index >= 15 is 0 Å². The first-order valence-electron chi connectivity index (χ1n) is 8.10. The molecule has 22 heavy (non-hydrogen) atoms. The summed E-state index contributed by atoms with van der Waals surface area (Å²) in [5.74, 6) is 0.129. The highest BCUT2D eigenvalue weighted by Crippen LogP contribution is 2.31. The van der Waals surface area contributed by atoms with Crippen LogP contribution in [0.25, 0.3) is 0 Å². The minimum absolute atomic E-state index is 0.129. The molecule has 0 bridgehead atoms. The molecule has 1 aliphatic rings. The lowest BCUT2D eigenvalue weighted by atomic mass is 9.91. The van der Waals surface area contributed by atoms with Crippen molar-refractivity contribution < 1.29 is 4.79 Å². The molecule has 2 rings (SSSR count). The predicted molar refractivity (Wildman–Crippen MR) is 87.2 cm³/mol. The maximum Gasteiger partial charge on any atom is 0.223 e. The Labute approximate surface area is 133 Å². The van der Waals surface area contributed by atoms with Crippen LogP contribution in [0.4, 0.5) is 0 Å². The summed E-state index contributed by atoms with van der Waals surface area (Å²) < 4.78 is 0. The van der Waals surface area contributed by atoms with Gasteiger partial charge in [0.05, 0.1) is 12.5 Å². The molecule has 4 nitrogen and oxygen atoms in total. The van der Waals surface area contributed by atoms with Crippen LogP contribution in [0.1, 0.15) is 43.4 Å². The number of benzene rings is 1. The zero-order chi connectivity index (χ0) is 15.9. The molecule has 1 aromatic carbocycles. The molecule has 0 fully saturated rings. The Hall–Kier alpha value is -1.86. The number of amides is 1. The van der Waals surface area contributed by atoms with Crippen LogP contribution >= 0.6 is 0 Å². The predicted octanol–water partition coefficient (Wildman–Crippen LogP) is 2.76. The van der Waals surface area contributed by atoms with E-state index in [1.54, 1.807) is 11.9 Å². The lowest BCUT2D eigenvalue weighted by Gasteiger charge is -2.37. The van der Waals surface area contributed by atoms with Crippen LogP contribution in [0, 0.1) is 11.3 Å². The van der Waals surface area contributed by atoms with Crippen LogP contribution in [0.15, 0.2) is 24.3 Å². The normalized spacial score (nSPS) is 17.6. The van der Waals surface area contributed by atoms with Gasteiger partial charge in [-0.05, 0) is 24.0 Å². The molecule has 0 aliphatic carbocycles. The molecule has 1 aliphatic heterocycles. The van der Waals surface area contributed by atoms with Crippen LogP contribution in [0.5, 0.6) is 0 Å². The summed E-state index contributed by atoms with van der Waals surface area (Å²) in [5.41, 5.74) is 2.87. The maximum absolute atomic E-state index is 12.1. The fraction of sp³-hybridized carbons (Fsp3) is 0.556. The van der Waals surface area contributed by atoms with Gasteiger partial charge in [-0.1, -0.05) is 31.2 Å². The average Bonchev–Trinajstić information content (AvgIpc) is 2.56. The van der Waals surface area contributed by atoms with Crippen molar-refractivity contribution >= 4 is 5.91 Å². The molecule has 0 spiro atoms. The summed E-state index contributed by atoms with van der Waals surface area (Å²) in [6.07, 6.45) is 3.05. The van der Waals surface area contributed by atoms with Gasteiger partial charge >= 0.3 is 0 Å². The Morgan fingerprint density at radius 1 is 1.45 bits per heavy atom. The van der Waals surface area contributed by atoms with Gasteiger partial charge in [-0.2, -0.15) is 5.26 Å². The molecule has 1 aromatic rings. The standard InChI is InChI=1S/C18H25N3O/c1-3-17-16-8-5-4-7-15(16)9-13-21(17)14-10-18(22)20(2)12-6-11-19/h4-5,7-8,17H,3,6,9-10,12-14H2,1-2H3/t17-/m0/s1. The minimum atomic E-state index is 0.129. The first-order valence-corrected chi connectivity index (χ1v) is 8.10. The van der Waals surface area contributed by atoms with E-state index in [-0.39, 0.29) is 5.91 Å².